The minimum absolute atomic E-state index is 0.288. The summed E-state index contributed by atoms with van der Waals surface area (Å²) in [4.78, 5) is 9.76. The Labute approximate surface area is 101 Å². The van der Waals surface area contributed by atoms with Crippen LogP contribution in [0.1, 0.15) is 13.8 Å². The summed E-state index contributed by atoms with van der Waals surface area (Å²) >= 11 is 0. The van der Waals surface area contributed by atoms with Crippen molar-refractivity contribution >= 4 is 16.7 Å². The molecule has 0 spiro atoms. The topological polar surface area (TPSA) is 41.2 Å². The second-order valence-electron chi connectivity index (χ2n) is 4.77. The van der Waals surface area contributed by atoms with Crippen LogP contribution in [0.4, 0.5) is 5.69 Å². The van der Waals surface area contributed by atoms with Crippen molar-refractivity contribution in [3.8, 4) is 0 Å². The third kappa shape index (κ3) is 2.00. The molecule has 3 rings (SSSR count). The van der Waals surface area contributed by atoms with E-state index in [1.54, 1.807) is 6.33 Å². The van der Waals surface area contributed by atoms with E-state index in [9.17, 15) is 0 Å². The van der Waals surface area contributed by atoms with Crippen LogP contribution < -0.4 is 4.90 Å². The summed E-state index contributed by atoms with van der Waals surface area (Å²) in [5.74, 6) is 0. The molecule has 1 aromatic heterocycles. The molecule has 0 amide bonds. The maximum Gasteiger partial charge on any atom is 0.0931 e. The number of anilines is 1. The summed E-state index contributed by atoms with van der Waals surface area (Å²) < 4.78 is 5.75. The summed E-state index contributed by atoms with van der Waals surface area (Å²) in [6, 6.07) is 6.35. The molecule has 0 saturated carbocycles. The van der Waals surface area contributed by atoms with Crippen LogP contribution in [0.15, 0.2) is 24.5 Å². The van der Waals surface area contributed by atoms with Gasteiger partial charge in [0.05, 0.1) is 29.6 Å². The van der Waals surface area contributed by atoms with Crippen molar-refractivity contribution in [2.45, 2.75) is 26.1 Å². The van der Waals surface area contributed by atoms with Gasteiger partial charge in [0.2, 0.25) is 0 Å². The number of morpholine rings is 1. The lowest BCUT2D eigenvalue weighted by Crippen LogP contribution is -2.45. The largest absolute Gasteiger partial charge is 0.372 e. The Kier molecular flexibility index (Phi) is 2.52. The third-order valence-electron chi connectivity index (χ3n) is 3.19. The van der Waals surface area contributed by atoms with E-state index in [1.165, 1.54) is 5.69 Å². The first-order chi connectivity index (χ1) is 8.22. The Morgan fingerprint density at radius 2 is 2.06 bits per heavy atom. The zero-order valence-corrected chi connectivity index (χ0v) is 10.2. The minimum atomic E-state index is 0.288. The summed E-state index contributed by atoms with van der Waals surface area (Å²) in [5.41, 5.74) is 3.35. The van der Waals surface area contributed by atoms with Gasteiger partial charge in [-0.15, -0.1) is 0 Å². The smallest absolute Gasteiger partial charge is 0.0931 e. The molecular weight excluding hydrogens is 214 g/mol. The van der Waals surface area contributed by atoms with Gasteiger partial charge in [-0.1, -0.05) is 0 Å². The molecule has 1 aliphatic heterocycles. The van der Waals surface area contributed by atoms with E-state index in [0.29, 0.717) is 0 Å². The highest BCUT2D eigenvalue weighted by molar-refractivity contribution is 5.79. The molecule has 4 nitrogen and oxygen atoms in total. The molecule has 90 valence electrons. The van der Waals surface area contributed by atoms with Gasteiger partial charge in [-0.2, -0.15) is 0 Å². The van der Waals surface area contributed by atoms with E-state index in [0.717, 1.165) is 24.1 Å². The predicted molar refractivity (Wildman–Crippen MR) is 68.3 cm³/mol. The van der Waals surface area contributed by atoms with Gasteiger partial charge in [-0.25, -0.2) is 4.98 Å². The molecule has 1 fully saturated rings. The van der Waals surface area contributed by atoms with Gasteiger partial charge in [0, 0.05) is 18.8 Å². The van der Waals surface area contributed by atoms with Crippen LogP contribution in [0.3, 0.4) is 0 Å². The summed E-state index contributed by atoms with van der Waals surface area (Å²) in [6.07, 6.45) is 2.31. The number of imidazole rings is 1. The third-order valence-corrected chi connectivity index (χ3v) is 3.19. The summed E-state index contributed by atoms with van der Waals surface area (Å²) in [7, 11) is 0. The van der Waals surface area contributed by atoms with Crippen molar-refractivity contribution in [2.24, 2.45) is 0 Å². The zero-order chi connectivity index (χ0) is 11.8. The minimum Gasteiger partial charge on any atom is -0.372 e. The Morgan fingerprint density at radius 1 is 1.29 bits per heavy atom. The molecule has 1 N–H and O–H groups in total. The number of ether oxygens (including phenoxy) is 1. The number of fused-ring (bicyclic) bond motifs is 1. The van der Waals surface area contributed by atoms with Crippen molar-refractivity contribution < 1.29 is 4.74 Å². The molecule has 2 aromatic rings. The number of hydrogen-bond donors (Lipinski definition) is 1. The van der Waals surface area contributed by atoms with Gasteiger partial charge >= 0.3 is 0 Å². The molecule has 0 radical (unpaired) electrons. The molecule has 2 unspecified atom stereocenters. The van der Waals surface area contributed by atoms with Crippen LogP contribution in [0.5, 0.6) is 0 Å². The van der Waals surface area contributed by atoms with Crippen LogP contribution in [0.2, 0.25) is 0 Å². The second-order valence-corrected chi connectivity index (χ2v) is 4.77. The van der Waals surface area contributed by atoms with Gasteiger partial charge < -0.3 is 14.6 Å². The van der Waals surface area contributed by atoms with Crippen molar-refractivity contribution in [1.82, 2.24) is 9.97 Å². The maximum absolute atomic E-state index is 5.75. The summed E-state index contributed by atoms with van der Waals surface area (Å²) in [6.45, 7) is 6.14. The Balaban J connectivity index is 1.91. The van der Waals surface area contributed by atoms with E-state index in [4.69, 9.17) is 4.74 Å². The fraction of sp³-hybridized carbons (Fsp3) is 0.462. The number of rotatable bonds is 1. The molecule has 0 bridgehead atoms. The van der Waals surface area contributed by atoms with E-state index < -0.39 is 0 Å². The molecule has 1 aliphatic rings. The number of H-pyrrole nitrogens is 1. The first-order valence-corrected chi connectivity index (χ1v) is 6.06. The lowest BCUT2D eigenvalue weighted by atomic mass is 10.2. The van der Waals surface area contributed by atoms with Crippen molar-refractivity contribution in [3.63, 3.8) is 0 Å². The van der Waals surface area contributed by atoms with Crippen molar-refractivity contribution in [1.29, 1.82) is 0 Å². The normalized spacial score (nSPS) is 25.4. The van der Waals surface area contributed by atoms with Gasteiger partial charge in [-0.3, -0.25) is 0 Å². The Morgan fingerprint density at radius 3 is 2.82 bits per heavy atom. The number of aromatic nitrogens is 2. The van der Waals surface area contributed by atoms with Gasteiger partial charge in [0.15, 0.2) is 0 Å². The lowest BCUT2D eigenvalue weighted by molar-refractivity contribution is -0.00521. The van der Waals surface area contributed by atoms with Crippen molar-refractivity contribution in [2.75, 3.05) is 18.0 Å². The molecule has 1 saturated heterocycles. The standard InChI is InChI=1S/C13H17N3O/c1-9-6-16(7-10(2)17-9)11-3-4-12-13(5-11)15-8-14-12/h3-5,8-10H,6-7H2,1-2H3,(H,14,15). The highest BCUT2D eigenvalue weighted by Crippen LogP contribution is 2.23. The van der Waals surface area contributed by atoms with E-state index in [2.05, 4.69) is 46.9 Å². The number of benzene rings is 1. The van der Waals surface area contributed by atoms with Crippen LogP contribution in [-0.2, 0) is 4.74 Å². The zero-order valence-electron chi connectivity index (χ0n) is 10.2. The molecular formula is C13H17N3O. The van der Waals surface area contributed by atoms with E-state index in [1.807, 2.05) is 0 Å². The Hall–Kier alpha value is -1.55. The van der Waals surface area contributed by atoms with Crippen LogP contribution in [0, 0.1) is 0 Å². The number of hydrogen-bond acceptors (Lipinski definition) is 3. The molecule has 0 aliphatic carbocycles. The quantitative estimate of drug-likeness (QED) is 0.817. The lowest BCUT2D eigenvalue weighted by Gasteiger charge is -2.36. The molecule has 2 atom stereocenters. The SMILES string of the molecule is CC1CN(c2ccc3nc[nH]c3c2)CC(C)O1. The van der Waals surface area contributed by atoms with Crippen LogP contribution >= 0.6 is 0 Å². The van der Waals surface area contributed by atoms with Crippen LogP contribution in [-0.4, -0.2) is 35.3 Å². The average Bonchev–Trinajstić information content (AvgIpc) is 2.74. The predicted octanol–water partition coefficient (Wildman–Crippen LogP) is 2.18. The monoisotopic (exact) mass is 231 g/mol. The first-order valence-electron chi connectivity index (χ1n) is 6.06. The highest BCUT2D eigenvalue weighted by atomic mass is 16.5. The number of nitrogens with one attached hydrogen (secondary N) is 1. The first kappa shape index (κ1) is 10.6. The maximum atomic E-state index is 5.75. The van der Waals surface area contributed by atoms with E-state index in [-0.39, 0.29) is 12.2 Å². The fourth-order valence-electron chi connectivity index (χ4n) is 2.51. The summed E-state index contributed by atoms with van der Waals surface area (Å²) in [5, 5.41) is 0. The molecule has 4 heteroatoms. The average molecular weight is 231 g/mol. The van der Waals surface area contributed by atoms with Gasteiger partial charge in [-0.05, 0) is 32.0 Å². The Bertz CT molecular complexity index is 512. The van der Waals surface area contributed by atoms with Gasteiger partial charge in [0.1, 0.15) is 0 Å². The number of nitrogens with zero attached hydrogens (tertiary/aromatic N) is 2. The highest BCUT2D eigenvalue weighted by Gasteiger charge is 2.22. The van der Waals surface area contributed by atoms with Crippen LogP contribution in [0.25, 0.3) is 11.0 Å². The van der Waals surface area contributed by atoms with Crippen molar-refractivity contribution in [3.05, 3.63) is 24.5 Å². The molecule has 17 heavy (non-hydrogen) atoms. The second kappa shape index (κ2) is 4.04. The van der Waals surface area contributed by atoms with E-state index >= 15 is 0 Å². The van der Waals surface area contributed by atoms with Gasteiger partial charge in [0.25, 0.3) is 0 Å². The fourth-order valence-corrected chi connectivity index (χ4v) is 2.51. The number of aromatic amines is 1. The molecule has 1 aromatic carbocycles. The molecule has 2 heterocycles.